The van der Waals surface area contributed by atoms with Gasteiger partial charge in [0.1, 0.15) is 0 Å². The highest BCUT2D eigenvalue weighted by molar-refractivity contribution is 6.58. The second-order valence-electron chi connectivity index (χ2n) is 2.87. The molecular weight excluding hydrogens is 163 g/mol. The largest absolute Gasteiger partial charge is 0.489 e. The molecule has 0 fully saturated rings. The van der Waals surface area contributed by atoms with Gasteiger partial charge >= 0.3 is 7.12 Å². The van der Waals surface area contributed by atoms with Crippen LogP contribution in [0, 0.1) is 6.07 Å². The van der Waals surface area contributed by atoms with E-state index in [0.717, 1.165) is 10.8 Å². The Morgan fingerprint density at radius 1 is 1.00 bits per heavy atom. The summed E-state index contributed by atoms with van der Waals surface area (Å²) in [7, 11) is -1.44. The minimum atomic E-state index is -1.44. The van der Waals surface area contributed by atoms with Crippen molar-refractivity contribution in [2.24, 2.45) is 0 Å². The van der Waals surface area contributed by atoms with E-state index in [1.807, 2.05) is 30.3 Å². The van der Waals surface area contributed by atoms with Gasteiger partial charge in [-0.25, -0.2) is 0 Å². The zero-order valence-corrected chi connectivity index (χ0v) is 6.94. The molecule has 0 heterocycles. The van der Waals surface area contributed by atoms with Crippen LogP contribution in [0.2, 0.25) is 0 Å². The lowest BCUT2D eigenvalue weighted by Gasteiger charge is -2.00. The van der Waals surface area contributed by atoms with E-state index in [1.165, 1.54) is 0 Å². The summed E-state index contributed by atoms with van der Waals surface area (Å²) in [6.07, 6.45) is 0. The van der Waals surface area contributed by atoms with Crippen molar-refractivity contribution in [2.45, 2.75) is 0 Å². The van der Waals surface area contributed by atoms with E-state index in [1.54, 1.807) is 6.07 Å². The molecule has 1 radical (unpaired) electrons. The fourth-order valence-electron chi connectivity index (χ4n) is 1.28. The van der Waals surface area contributed by atoms with E-state index >= 15 is 0 Å². The van der Waals surface area contributed by atoms with E-state index in [0.29, 0.717) is 5.46 Å². The van der Waals surface area contributed by atoms with Crippen LogP contribution in [0.15, 0.2) is 36.4 Å². The van der Waals surface area contributed by atoms with Crippen LogP contribution < -0.4 is 5.46 Å². The highest BCUT2D eigenvalue weighted by atomic mass is 16.4. The zero-order chi connectivity index (χ0) is 9.26. The number of hydrogen-bond donors (Lipinski definition) is 2. The van der Waals surface area contributed by atoms with Crippen LogP contribution in [0.4, 0.5) is 0 Å². The summed E-state index contributed by atoms with van der Waals surface area (Å²) in [4.78, 5) is 0. The molecule has 0 aliphatic heterocycles. The van der Waals surface area contributed by atoms with E-state index in [-0.39, 0.29) is 0 Å². The summed E-state index contributed by atoms with van der Waals surface area (Å²) in [6.45, 7) is 0. The molecular formula is C10H8BO2. The molecule has 2 N–H and O–H groups in total. The summed E-state index contributed by atoms with van der Waals surface area (Å²) in [6, 6.07) is 14.1. The molecule has 0 aliphatic carbocycles. The van der Waals surface area contributed by atoms with Crippen molar-refractivity contribution in [3.63, 3.8) is 0 Å². The Hall–Kier alpha value is -1.32. The maximum Gasteiger partial charge on any atom is 0.489 e. The van der Waals surface area contributed by atoms with Gasteiger partial charge in [-0.15, -0.1) is 0 Å². The van der Waals surface area contributed by atoms with Gasteiger partial charge in [-0.05, 0) is 22.3 Å². The van der Waals surface area contributed by atoms with Gasteiger partial charge in [0.25, 0.3) is 0 Å². The van der Waals surface area contributed by atoms with E-state index in [4.69, 9.17) is 10.0 Å². The number of rotatable bonds is 1. The predicted octanol–water partition coefficient (Wildman–Crippen LogP) is 0.320. The quantitative estimate of drug-likeness (QED) is 0.606. The first-order valence-corrected chi connectivity index (χ1v) is 4.04. The fourth-order valence-corrected chi connectivity index (χ4v) is 1.28. The van der Waals surface area contributed by atoms with E-state index < -0.39 is 7.12 Å². The summed E-state index contributed by atoms with van der Waals surface area (Å²) >= 11 is 0. The van der Waals surface area contributed by atoms with Crippen molar-refractivity contribution in [1.29, 1.82) is 0 Å². The van der Waals surface area contributed by atoms with Crippen LogP contribution in [0.5, 0.6) is 0 Å². The van der Waals surface area contributed by atoms with Crippen molar-refractivity contribution in [1.82, 2.24) is 0 Å². The third kappa shape index (κ3) is 1.57. The van der Waals surface area contributed by atoms with Gasteiger partial charge in [0.15, 0.2) is 0 Å². The fraction of sp³-hybridized carbons (Fsp3) is 0. The molecule has 2 aromatic carbocycles. The molecule has 2 aromatic rings. The normalized spacial score (nSPS) is 10.3. The monoisotopic (exact) mass is 171 g/mol. The van der Waals surface area contributed by atoms with Gasteiger partial charge in [-0.1, -0.05) is 36.4 Å². The third-order valence-corrected chi connectivity index (χ3v) is 1.96. The van der Waals surface area contributed by atoms with Crippen LogP contribution in [-0.2, 0) is 0 Å². The summed E-state index contributed by atoms with van der Waals surface area (Å²) < 4.78 is 0. The Labute approximate surface area is 76.6 Å². The van der Waals surface area contributed by atoms with Crippen LogP contribution in [0.3, 0.4) is 0 Å². The van der Waals surface area contributed by atoms with Gasteiger partial charge in [0.2, 0.25) is 0 Å². The van der Waals surface area contributed by atoms with Crippen LogP contribution in [0.25, 0.3) is 10.8 Å². The summed E-state index contributed by atoms with van der Waals surface area (Å²) in [5.41, 5.74) is 0.402. The zero-order valence-electron chi connectivity index (χ0n) is 6.94. The molecule has 0 bridgehead atoms. The Balaban J connectivity index is 2.62. The minimum absolute atomic E-state index is 0.402. The second-order valence-corrected chi connectivity index (χ2v) is 2.87. The lowest BCUT2D eigenvalue weighted by atomic mass is 9.79. The molecule has 0 aromatic heterocycles. The van der Waals surface area contributed by atoms with E-state index in [9.17, 15) is 0 Å². The third-order valence-electron chi connectivity index (χ3n) is 1.96. The first-order chi connectivity index (χ1) is 6.27. The minimum Gasteiger partial charge on any atom is -0.423 e. The summed E-state index contributed by atoms with van der Waals surface area (Å²) in [5.74, 6) is 0. The van der Waals surface area contributed by atoms with Crippen LogP contribution in [0.1, 0.15) is 0 Å². The van der Waals surface area contributed by atoms with Crippen molar-refractivity contribution in [3.8, 4) is 0 Å². The van der Waals surface area contributed by atoms with Crippen molar-refractivity contribution >= 4 is 23.4 Å². The molecule has 0 aliphatic rings. The maximum atomic E-state index is 8.91. The molecule has 2 nitrogen and oxygen atoms in total. The highest BCUT2D eigenvalue weighted by Gasteiger charge is 2.10. The van der Waals surface area contributed by atoms with Gasteiger partial charge < -0.3 is 10.0 Å². The molecule has 0 amide bonds. The van der Waals surface area contributed by atoms with Crippen LogP contribution >= 0.6 is 0 Å². The molecule has 63 valence electrons. The van der Waals surface area contributed by atoms with Crippen molar-refractivity contribution in [3.05, 3.63) is 42.5 Å². The number of benzene rings is 2. The van der Waals surface area contributed by atoms with Crippen molar-refractivity contribution in [2.75, 3.05) is 0 Å². The first kappa shape index (κ1) is 8.29. The summed E-state index contributed by atoms with van der Waals surface area (Å²) in [5, 5.41) is 19.8. The van der Waals surface area contributed by atoms with Gasteiger partial charge in [-0.2, -0.15) is 0 Å². The standard InChI is InChI=1S/C10H8BO2/c12-11(13)10-6-5-8-3-1-2-4-9(8)7-10/h1-6,12-13H. The van der Waals surface area contributed by atoms with Crippen molar-refractivity contribution < 1.29 is 10.0 Å². The average Bonchev–Trinajstić information content (AvgIpc) is 2.17. The van der Waals surface area contributed by atoms with Gasteiger partial charge in [-0.3, -0.25) is 0 Å². The van der Waals surface area contributed by atoms with E-state index in [2.05, 4.69) is 6.07 Å². The molecule has 3 heteroatoms. The molecule has 0 atom stereocenters. The lowest BCUT2D eigenvalue weighted by Crippen LogP contribution is -2.29. The molecule has 0 saturated heterocycles. The molecule has 0 unspecified atom stereocenters. The van der Waals surface area contributed by atoms with Crippen LogP contribution in [-0.4, -0.2) is 17.2 Å². The molecule has 13 heavy (non-hydrogen) atoms. The molecule has 0 spiro atoms. The number of hydrogen-bond acceptors (Lipinski definition) is 2. The van der Waals surface area contributed by atoms with Gasteiger partial charge in [0.05, 0.1) is 0 Å². The Bertz CT molecular complexity index is 426. The smallest absolute Gasteiger partial charge is 0.423 e. The lowest BCUT2D eigenvalue weighted by molar-refractivity contribution is 0.426. The average molecular weight is 171 g/mol. The maximum absolute atomic E-state index is 8.91. The Morgan fingerprint density at radius 2 is 1.77 bits per heavy atom. The predicted molar refractivity (Wildman–Crippen MR) is 52.6 cm³/mol. The Morgan fingerprint density at radius 3 is 2.54 bits per heavy atom. The van der Waals surface area contributed by atoms with Gasteiger partial charge in [0, 0.05) is 0 Å². The first-order valence-electron chi connectivity index (χ1n) is 4.04. The molecule has 2 rings (SSSR count). The topological polar surface area (TPSA) is 40.5 Å². The second kappa shape index (κ2) is 3.20. The number of fused-ring (bicyclic) bond motifs is 1. The SMILES string of the molecule is OB(O)c1[c]c2ccccc2cc1. The molecule has 0 saturated carbocycles. The Kier molecular flexibility index (Phi) is 2.04. The highest BCUT2D eigenvalue weighted by Crippen LogP contribution is 2.10.